The Balaban J connectivity index is 1.34. The molecule has 0 unspecified atom stereocenters. The Morgan fingerprint density at radius 3 is 1.34 bits per heavy atom. The highest BCUT2D eigenvalue weighted by molar-refractivity contribution is 5.97. The van der Waals surface area contributed by atoms with Gasteiger partial charge >= 0.3 is 0 Å². The van der Waals surface area contributed by atoms with Crippen molar-refractivity contribution < 1.29 is 11.0 Å². The van der Waals surface area contributed by atoms with Crippen molar-refractivity contribution in [3.63, 3.8) is 0 Å². The van der Waals surface area contributed by atoms with Crippen LogP contribution in [0.5, 0.6) is 0 Å². The van der Waals surface area contributed by atoms with Gasteiger partial charge in [0.25, 0.3) is 0 Å². The number of hydrogen-bond acceptors (Lipinski definition) is 1. The Hall–Kier alpha value is -6.96. The van der Waals surface area contributed by atoms with Gasteiger partial charge in [-0.2, -0.15) is 0 Å². The Morgan fingerprint density at radius 1 is 0.283 bits per heavy atom. The highest BCUT2D eigenvalue weighted by Crippen LogP contribution is 2.45. The van der Waals surface area contributed by atoms with Crippen molar-refractivity contribution in [1.82, 2.24) is 0 Å². The monoisotopic (exact) mass is 683 g/mol. The number of nitrogens with zero attached hydrogens (tertiary/aromatic N) is 1. The van der Waals surface area contributed by atoms with Gasteiger partial charge < -0.3 is 4.90 Å². The third-order valence-corrected chi connectivity index (χ3v) is 9.44. The highest BCUT2D eigenvalue weighted by Gasteiger charge is 2.20. The second-order valence-corrected chi connectivity index (χ2v) is 12.7. The fourth-order valence-corrected chi connectivity index (χ4v) is 6.86. The molecule has 0 amide bonds. The van der Waals surface area contributed by atoms with E-state index in [9.17, 15) is 11.0 Å². The van der Waals surface area contributed by atoms with Crippen molar-refractivity contribution in [1.29, 1.82) is 0 Å². The summed E-state index contributed by atoms with van der Waals surface area (Å²) in [5.74, 6) is 0. The fraction of sp³-hybridized carbons (Fsp3) is 0. The van der Waals surface area contributed by atoms with E-state index in [1.54, 1.807) is 42.5 Å². The summed E-state index contributed by atoms with van der Waals surface area (Å²) in [7, 11) is 0. The largest absolute Gasteiger partial charge is 0.310 e. The van der Waals surface area contributed by atoms with Crippen molar-refractivity contribution >= 4 is 27.8 Å². The summed E-state index contributed by atoms with van der Waals surface area (Å²) in [6.45, 7) is 0. The quantitative estimate of drug-likeness (QED) is 0.154. The summed E-state index contributed by atoms with van der Waals surface area (Å²) in [6.07, 6.45) is 0. The number of hydrogen-bond donors (Lipinski definition) is 0. The lowest BCUT2D eigenvalue weighted by Gasteiger charge is -2.29. The van der Waals surface area contributed by atoms with E-state index in [4.69, 9.17) is 0 Å². The maximum atomic E-state index is 9.67. The normalized spacial score (nSPS) is 13.1. The van der Waals surface area contributed by atoms with Crippen molar-refractivity contribution in [2.45, 2.75) is 0 Å². The molecule has 0 heterocycles. The SMILES string of the molecule is [2H]c1c([2H])c(N(c2ccccc2-c2ccccc2-c2ccccc2-c2ccccc2)c2c([2H])c([2H])c(-c3ccc4ccccc4c3)c([2H])c2[2H])c([2H])c([2H])c1-c1ccccc1. The molecule has 9 aromatic carbocycles. The van der Waals surface area contributed by atoms with Gasteiger partial charge in [0.05, 0.1) is 16.7 Å². The molecule has 0 aliphatic rings. The molecular weight excluding hydrogens is 639 g/mol. The van der Waals surface area contributed by atoms with Crippen LogP contribution in [-0.4, -0.2) is 0 Å². The molecule has 9 aromatic rings. The molecule has 0 atom stereocenters. The van der Waals surface area contributed by atoms with Crippen LogP contribution < -0.4 is 4.90 Å². The van der Waals surface area contributed by atoms with Crippen LogP contribution in [-0.2, 0) is 0 Å². The van der Waals surface area contributed by atoms with Crippen molar-refractivity contribution in [2.24, 2.45) is 0 Å². The molecule has 0 N–H and O–H groups in total. The Bertz CT molecular complexity index is 3070. The number of para-hydroxylation sites is 1. The molecule has 0 saturated heterocycles. The second-order valence-electron chi connectivity index (χ2n) is 12.7. The zero-order chi connectivity index (χ0) is 42.4. The van der Waals surface area contributed by atoms with Gasteiger partial charge in [-0.25, -0.2) is 0 Å². The lowest BCUT2D eigenvalue weighted by atomic mass is 9.88. The molecule has 0 saturated carbocycles. The molecule has 1 heteroatoms. The van der Waals surface area contributed by atoms with E-state index in [0.29, 0.717) is 22.4 Å². The second kappa shape index (κ2) is 14.3. The van der Waals surface area contributed by atoms with E-state index >= 15 is 0 Å². The maximum Gasteiger partial charge on any atom is 0.0645 e. The van der Waals surface area contributed by atoms with E-state index in [1.807, 2.05) is 109 Å². The third kappa shape index (κ3) is 6.42. The minimum absolute atomic E-state index is 0.111. The summed E-state index contributed by atoms with van der Waals surface area (Å²) in [5, 5.41) is 1.85. The zero-order valence-electron chi connectivity index (χ0n) is 36.7. The average Bonchev–Trinajstić information content (AvgIpc) is 3.30. The first-order valence-corrected chi connectivity index (χ1v) is 17.5. The number of rotatable bonds is 8. The zero-order valence-corrected chi connectivity index (χ0v) is 28.7. The first-order valence-electron chi connectivity index (χ1n) is 21.5. The molecule has 250 valence electrons. The lowest BCUT2D eigenvalue weighted by molar-refractivity contribution is 1.28. The van der Waals surface area contributed by atoms with E-state index in [0.717, 1.165) is 38.6 Å². The fourth-order valence-electron chi connectivity index (χ4n) is 6.86. The van der Waals surface area contributed by atoms with Crippen LogP contribution in [0, 0.1) is 0 Å². The summed E-state index contributed by atoms with van der Waals surface area (Å²) >= 11 is 0. The Morgan fingerprint density at radius 2 is 0.717 bits per heavy atom. The van der Waals surface area contributed by atoms with Crippen molar-refractivity contribution in [3.05, 3.63) is 224 Å². The van der Waals surface area contributed by atoms with Gasteiger partial charge in [0, 0.05) is 16.9 Å². The van der Waals surface area contributed by atoms with Crippen LogP contribution in [0.15, 0.2) is 224 Å². The number of fused-ring (bicyclic) bond motifs is 1. The molecular formula is C52H37N. The first-order chi connectivity index (χ1) is 29.7. The lowest BCUT2D eigenvalue weighted by Crippen LogP contribution is -2.11. The summed E-state index contributed by atoms with van der Waals surface area (Å²) in [6, 6.07) is 52.6. The molecule has 53 heavy (non-hydrogen) atoms. The molecule has 1 nitrogen and oxygen atoms in total. The van der Waals surface area contributed by atoms with E-state index in [2.05, 4.69) is 24.3 Å². The van der Waals surface area contributed by atoms with Gasteiger partial charge in [-0.1, -0.05) is 188 Å². The molecule has 0 spiro atoms. The van der Waals surface area contributed by atoms with E-state index in [1.165, 1.54) is 4.90 Å². The Kier molecular flexibility index (Phi) is 6.57. The predicted octanol–water partition coefficient (Wildman–Crippen LogP) is 14.6. The standard InChI is InChI=1S/C52H37N/c1-3-15-38(16-4-1)40-29-33-45(34-30-40)53(46-35-31-41(32-36-46)44-28-27-39-17-7-8-20-43(39)37-44)52-26-14-13-25-51(52)50-24-12-11-23-49(50)48-22-10-9-21-47(48)42-18-5-2-6-19-42/h1-37H/i29D,30D,31D,32D,33D,34D,35D,36D. The first kappa shape index (κ1) is 24.3. The number of benzene rings is 9. The summed E-state index contributed by atoms with van der Waals surface area (Å²) in [4.78, 5) is 1.40. The third-order valence-electron chi connectivity index (χ3n) is 9.44. The molecule has 0 aliphatic carbocycles. The number of anilines is 3. The van der Waals surface area contributed by atoms with Gasteiger partial charge in [-0.3, -0.25) is 0 Å². The van der Waals surface area contributed by atoms with Crippen LogP contribution in [0.1, 0.15) is 11.0 Å². The minimum Gasteiger partial charge on any atom is -0.310 e. The molecule has 9 rings (SSSR count). The van der Waals surface area contributed by atoms with Crippen molar-refractivity contribution in [2.75, 3.05) is 4.90 Å². The van der Waals surface area contributed by atoms with Crippen LogP contribution in [0.3, 0.4) is 0 Å². The van der Waals surface area contributed by atoms with Gasteiger partial charge in [-0.05, 0) is 97.1 Å². The summed E-state index contributed by atoms with van der Waals surface area (Å²) < 4.78 is 76.1. The van der Waals surface area contributed by atoms with Crippen LogP contribution in [0.4, 0.5) is 17.1 Å². The Labute approximate surface area is 323 Å². The molecule has 0 aromatic heterocycles. The average molecular weight is 684 g/mol. The topological polar surface area (TPSA) is 3.24 Å². The minimum atomic E-state index is -0.398. The maximum absolute atomic E-state index is 9.67. The van der Waals surface area contributed by atoms with Crippen LogP contribution in [0.2, 0.25) is 0 Å². The molecule has 0 radical (unpaired) electrons. The molecule has 0 bridgehead atoms. The van der Waals surface area contributed by atoms with Gasteiger partial charge in [-0.15, -0.1) is 0 Å². The van der Waals surface area contributed by atoms with Gasteiger partial charge in [0.1, 0.15) is 0 Å². The summed E-state index contributed by atoms with van der Waals surface area (Å²) in [5.41, 5.74) is 6.42. The van der Waals surface area contributed by atoms with Crippen LogP contribution in [0.25, 0.3) is 66.4 Å². The molecule has 0 aliphatic heterocycles. The van der Waals surface area contributed by atoms with Crippen molar-refractivity contribution in [3.8, 4) is 55.6 Å². The van der Waals surface area contributed by atoms with E-state index < -0.39 is 24.2 Å². The van der Waals surface area contributed by atoms with Gasteiger partial charge in [0.2, 0.25) is 0 Å². The predicted molar refractivity (Wildman–Crippen MR) is 226 cm³/mol. The van der Waals surface area contributed by atoms with Crippen LogP contribution >= 0.6 is 0 Å². The van der Waals surface area contributed by atoms with E-state index in [-0.39, 0.29) is 46.7 Å². The molecule has 0 fully saturated rings. The highest BCUT2D eigenvalue weighted by atomic mass is 15.1. The van der Waals surface area contributed by atoms with Gasteiger partial charge in [0.15, 0.2) is 0 Å². The smallest absolute Gasteiger partial charge is 0.0645 e.